The van der Waals surface area contributed by atoms with Crippen LogP contribution in [0.3, 0.4) is 0 Å². The molecule has 1 N–H and O–H groups in total. The fourth-order valence-corrected chi connectivity index (χ4v) is 3.21. The number of hydrogen-bond donors (Lipinski definition) is 1. The minimum atomic E-state index is 0.256. The molecule has 1 fully saturated rings. The van der Waals surface area contributed by atoms with Crippen molar-refractivity contribution in [2.45, 2.75) is 26.2 Å². The van der Waals surface area contributed by atoms with Crippen LogP contribution < -0.4 is 0 Å². The van der Waals surface area contributed by atoms with Gasteiger partial charge in [-0.3, -0.25) is 4.79 Å². The fourth-order valence-electron chi connectivity index (χ4n) is 3.21. The van der Waals surface area contributed by atoms with Crippen molar-refractivity contribution in [1.29, 1.82) is 0 Å². The summed E-state index contributed by atoms with van der Waals surface area (Å²) in [5.74, 6) is 0.605. The van der Waals surface area contributed by atoms with Crippen LogP contribution in [0.5, 0.6) is 0 Å². The van der Waals surface area contributed by atoms with Crippen molar-refractivity contribution in [3.63, 3.8) is 0 Å². The van der Waals surface area contributed by atoms with Gasteiger partial charge in [-0.05, 0) is 44.4 Å². The number of nitrogens with zero attached hydrogens (tertiary/aromatic N) is 1. The van der Waals surface area contributed by atoms with Crippen LogP contribution in [0.25, 0.3) is 10.9 Å². The molecular formula is C17H22N2O. The topological polar surface area (TPSA) is 36.1 Å². The van der Waals surface area contributed by atoms with Crippen molar-refractivity contribution >= 4 is 16.7 Å². The first kappa shape index (κ1) is 13.4. The third kappa shape index (κ3) is 2.78. The zero-order valence-corrected chi connectivity index (χ0v) is 12.1. The fraction of sp³-hybridized carbons (Fsp3) is 0.471. The Hall–Kier alpha value is -1.61. The van der Waals surface area contributed by atoms with Crippen molar-refractivity contribution in [2.75, 3.05) is 19.6 Å². The van der Waals surface area contributed by atoms with E-state index in [1.54, 1.807) is 6.92 Å². The van der Waals surface area contributed by atoms with Crippen molar-refractivity contribution in [3.8, 4) is 0 Å². The smallest absolute Gasteiger partial charge is 0.134 e. The summed E-state index contributed by atoms with van der Waals surface area (Å²) >= 11 is 0. The van der Waals surface area contributed by atoms with E-state index in [0.717, 1.165) is 38.9 Å². The molecule has 0 saturated carbocycles. The molecule has 20 heavy (non-hydrogen) atoms. The molecule has 1 aromatic carbocycles. The van der Waals surface area contributed by atoms with Crippen LogP contribution in [0.4, 0.5) is 0 Å². The second-order valence-electron chi connectivity index (χ2n) is 5.86. The van der Waals surface area contributed by atoms with Gasteiger partial charge in [0, 0.05) is 36.1 Å². The van der Waals surface area contributed by atoms with Gasteiger partial charge in [-0.15, -0.1) is 0 Å². The van der Waals surface area contributed by atoms with Crippen LogP contribution in [-0.4, -0.2) is 35.3 Å². The molecule has 0 bridgehead atoms. The van der Waals surface area contributed by atoms with Crippen LogP contribution >= 0.6 is 0 Å². The van der Waals surface area contributed by atoms with E-state index >= 15 is 0 Å². The number of likely N-dealkylation sites (tertiary alicyclic amines) is 1. The number of aromatic nitrogens is 1. The van der Waals surface area contributed by atoms with Crippen molar-refractivity contribution in [2.24, 2.45) is 5.92 Å². The van der Waals surface area contributed by atoms with Crippen molar-refractivity contribution < 1.29 is 4.79 Å². The number of rotatable bonds is 4. The highest BCUT2D eigenvalue weighted by atomic mass is 16.1. The lowest BCUT2D eigenvalue weighted by Crippen LogP contribution is -2.39. The zero-order valence-electron chi connectivity index (χ0n) is 12.1. The molecule has 1 aromatic heterocycles. The summed E-state index contributed by atoms with van der Waals surface area (Å²) in [6.07, 6.45) is 5.39. The van der Waals surface area contributed by atoms with Gasteiger partial charge in [-0.25, -0.2) is 0 Å². The molecule has 2 heterocycles. The highest BCUT2D eigenvalue weighted by molar-refractivity contribution is 5.83. The van der Waals surface area contributed by atoms with Crippen LogP contribution in [0, 0.1) is 5.92 Å². The number of fused-ring (bicyclic) bond motifs is 1. The predicted molar refractivity (Wildman–Crippen MR) is 81.8 cm³/mol. The van der Waals surface area contributed by atoms with Gasteiger partial charge in [0.25, 0.3) is 0 Å². The van der Waals surface area contributed by atoms with E-state index in [0.29, 0.717) is 5.78 Å². The molecule has 1 unspecified atom stereocenters. The number of para-hydroxylation sites is 1. The number of ketones is 1. The minimum absolute atomic E-state index is 0.256. The van der Waals surface area contributed by atoms with Crippen molar-refractivity contribution in [3.05, 3.63) is 36.0 Å². The highest BCUT2D eigenvalue weighted by Crippen LogP contribution is 2.20. The Balaban J connectivity index is 1.63. The number of Topliss-reactive ketones (excluding diaryl/α,β-unsaturated/α-hetero) is 1. The molecule has 3 heteroatoms. The monoisotopic (exact) mass is 270 g/mol. The summed E-state index contributed by atoms with van der Waals surface area (Å²) in [5, 5.41) is 1.33. The third-order valence-corrected chi connectivity index (χ3v) is 4.45. The Morgan fingerprint density at radius 2 is 2.25 bits per heavy atom. The maximum Gasteiger partial charge on any atom is 0.134 e. The number of hydrogen-bond acceptors (Lipinski definition) is 2. The number of aromatic amines is 1. The Morgan fingerprint density at radius 3 is 3.10 bits per heavy atom. The first-order valence-electron chi connectivity index (χ1n) is 7.52. The lowest BCUT2D eigenvalue weighted by molar-refractivity contribution is -0.122. The molecule has 106 valence electrons. The van der Waals surface area contributed by atoms with Gasteiger partial charge in [0.1, 0.15) is 5.78 Å². The molecule has 1 atom stereocenters. The molecule has 2 aromatic rings. The van der Waals surface area contributed by atoms with Gasteiger partial charge in [0.2, 0.25) is 0 Å². The van der Waals surface area contributed by atoms with Crippen LogP contribution in [0.2, 0.25) is 0 Å². The Kier molecular flexibility index (Phi) is 3.88. The second kappa shape index (κ2) is 5.80. The molecule has 3 nitrogen and oxygen atoms in total. The zero-order chi connectivity index (χ0) is 13.9. The molecular weight excluding hydrogens is 248 g/mol. The largest absolute Gasteiger partial charge is 0.361 e. The van der Waals surface area contributed by atoms with Crippen LogP contribution in [0.1, 0.15) is 25.3 Å². The number of piperidine rings is 1. The second-order valence-corrected chi connectivity index (χ2v) is 5.86. The lowest BCUT2D eigenvalue weighted by Gasteiger charge is -2.31. The standard InChI is InChI=1S/C17H22N2O/c1-13(20)15-5-4-9-19(12-15)10-8-14-11-18-17-7-3-2-6-16(14)17/h2-3,6-7,11,15,18H,4-5,8-10,12H2,1H3. The number of benzene rings is 1. The van der Waals surface area contributed by atoms with E-state index in [2.05, 4.69) is 40.3 Å². The van der Waals surface area contributed by atoms with Crippen LogP contribution in [-0.2, 0) is 11.2 Å². The summed E-state index contributed by atoms with van der Waals surface area (Å²) in [4.78, 5) is 17.3. The Morgan fingerprint density at radius 1 is 1.40 bits per heavy atom. The quantitative estimate of drug-likeness (QED) is 0.927. The van der Waals surface area contributed by atoms with Gasteiger partial charge >= 0.3 is 0 Å². The summed E-state index contributed by atoms with van der Waals surface area (Å²) in [6, 6.07) is 8.44. The predicted octanol–water partition coefficient (Wildman–Crippen LogP) is 3.01. The molecule has 0 amide bonds. The maximum atomic E-state index is 11.5. The van der Waals surface area contributed by atoms with Gasteiger partial charge in [0.05, 0.1) is 0 Å². The van der Waals surface area contributed by atoms with Crippen molar-refractivity contribution in [1.82, 2.24) is 9.88 Å². The number of carbonyl (C=O) groups is 1. The van der Waals surface area contributed by atoms with E-state index in [-0.39, 0.29) is 5.92 Å². The average Bonchev–Trinajstić information content (AvgIpc) is 2.89. The van der Waals surface area contributed by atoms with Gasteiger partial charge in [-0.1, -0.05) is 18.2 Å². The normalized spacial score (nSPS) is 20.4. The first-order valence-corrected chi connectivity index (χ1v) is 7.52. The summed E-state index contributed by atoms with van der Waals surface area (Å²) in [7, 11) is 0. The van der Waals surface area contributed by atoms with Gasteiger partial charge < -0.3 is 9.88 Å². The Bertz CT molecular complexity index is 602. The minimum Gasteiger partial charge on any atom is -0.361 e. The maximum absolute atomic E-state index is 11.5. The van der Waals surface area contributed by atoms with Gasteiger partial charge in [-0.2, -0.15) is 0 Å². The average molecular weight is 270 g/mol. The molecule has 0 spiro atoms. The number of nitrogens with one attached hydrogen (secondary N) is 1. The van der Waals surface area contributed by atoms with E-state index in [9.17, 15) is 4.79 Å². The molecule has 3 rings (SSSR count). The third-order valence-electron chi connectivity index (χ3n) is 4.45. The SMILES string of the molecule is CC(=O)C1CCCN(CCc2c[nH]c3ccccc23)C1. The summed E-state index contributed by atoms with van der Waals surface area (Å²) in [5.41, 5.74) is 2.59. The summed E-state index contributed by atoms with van der Waals surface area (Å²) < 4.78 is 0. The van der Waals surface area contributed by atoms with E-state index in [1.807, 2.05) is 0 Å². The van der Waals surface area contributed by atoms with E-state index < -0.39 is 0 Å². The van der Waals surface area contributed by atoms with Gasteiger partial charge in [0.15, 0.2) is 0 Å². The Labute approximate surface area is 120 Å². The summed E-state index contributed by atoms with van der Waals surface area (Å²) in [6.45, 7) is 4.85. The van der Waals surface area contributed by atoms with E-state index in [1.165, 1.54) is 16.5 Å². The molecule has 0 radical (unpaired) electrons. The first-order chi connectivity index (χ1) is 9.74. The highest BCUT2D eigenvalue weighted by Gasteiger charge is 2.22. The molecule has 1 aliphatic heterocycles. The number of H-pyrrole nitrogens is 1. The molecule has 0 aliphatic carbocycles. The number of carbonyl (C=O) groups excluding carboxylic acids is 1. The lowest BCUT2D eigenvalue weighted by atomic mass is 9.94. The molecule has 1 aliphatic rings. The van der Waals surface area contributed by atoms with Crippen LogP contribution in [0.15, 0.2) is 30.5 Å². The van der Waals surface area contributed by atoms with E-state index in [4.69, 9.17) is 0 Å². The molecule has 1 saturated heterocycles.